The second kappa shape index (κ2) is 6.01. The fraction of sp³-hybridized carbons (Fsp3) is 0.385. The monoisotopic (exact) mass is 343 g/mol. The molecule has 0 aliphatic rings. The average molecular weight is 343 g/mol. The van der Waals surface area contributed by atoms with Gasteiger partial charge in [0.1, 0.15) is 0 Å². The molecule has 1 aromatic carbocycles. The van der Waals surface area contributed by atoms with Crippen LogP contribution in [0.2, 0.25) is 0 Å². The number of carboxylic acid groups (broad SMARTS) is 1. The Hall–Kier alpha value is -1.09. The van der Waals surface area contributed by atoms with Crippen molar-refractivity contribution in [3.05, 3.63) is 33.4 Å². The van der Waals surface area contributed by atoms with Gasteiger partial charge < -0.3 is 5.11 Å². The molecule has 4 heteroatoms. The first-order valence-corrected chi connectivity index (χ1v) is 6.45. The summed E-state index contributed by atoms with van der Waals surface area (Å²) >= 11 is 2.17. The number of aliphatic carboxylic acids is 1. The number of nitriles is 1. The minimum atomic E-state index is -0.905. The van der Waals surface area contributed by atoms with E-state index in [1.807, 2.05) is 30.3 Å². The first kappa shape index (κ1) is 14.0. The van der Waals surface area contributed by atoms with E-state index in [0.717, 1.165) is 9.13 Å². The van der Waals surface area contributed by atoms with Crippen LogP contribution in [0.5, 0.6) is 0 Å². The Kier molecular flexibility index (Phi) is 4.94. The molecule has 17 heavy (non-hydrogen) atoms. The molecule has 0 amide bonds. The Morgan fingerprint density at radius 1 is 1.59 bits per heavy atom. The van der Waals surface area contributed by atoms with Gasteiger partial charge in [-0.15, -0.1) is 0 Å². The maximum Gasteiger partial charge on any atom is 0.313 e. The van der Waals surface area contributed by atoms with Gasteiger partial charge in [-0.05, 0) is 60.1 Å². The van der Waals surface area contributed by atoms with Gasteiger partial charge in [0.15, 0.2) is 0 Å². The zero-order valence-electron chi connectivity index (χ0n) is 9.61. The summed E-state index contributed by atoms with van der Waals surface area (Å²) in [6.07, 6.45) is 1.48. The lowest BCUT2D eigenvalue weighted by Gasteiger charge is -2.25. The summed E-state index contributed by atoms with van der Waals surface area (Å²) in [5, 5.41) is 17.9. The van der Waals surface area contributed by atoms with E-state index in [-0.39, 0.29) is 0 Å². The summed E-state index contributed by atoms with van der Waals surface area (Å²) in [4.78, 5) is 11.4. The Bertz CT molecular complexity index is 453. The molecule has 0 fully saturated rings. The minimum Gasteiger partial charge on any atom is -0.481 e. The molecule has 0 spiro atoms. The maximum atomic E-state index is 11.4. The third kappa shape index (κ3) is 3.43. The van der Waals surface area contributed by atoms with E-state index in [0.29, 0.717) is 19.3 Å². The van der Waals surface area contributed by atoms with Crippen molar-refractivity contribution in [2.75, 3.05) is 0 Å². The summed E-state index contributed by atoms with van der Waals surface area (Å²) in [6.45, 7) is 1.72. The van der Waals surface area contributed by atoms with Crippen molar-refractivity contribution in [3.8, 4) is 6.07 Å². The number of benzene rings is 1. The van der Waals surface area contributed by atoms with Crippen LogP contribution in [-0.4, -0.2) is 11.1 Å². The van der Waals surface area contributed by atoms with E-state index in [4.69, 9.17) is 5.26 Å². The van der Waals surface area contributed by atoms with Crippen LogP contribution in [-0.2, 0) is 10.2 Å². The standard InChI is InChI=1S/C13H14INO2/c1-13(12(16)17,7-2-3-8-15)10-5-4-6-11(14)9-10/h4-6,9H,2-3,7H2,1H3,(H,16,17). The van der Waals surface area contributed by atoms with Crippen LogP contribution in [0.1, 0.15) is 31.7 Å². The SMILES string of the molecule is CC(CCCC#N)(C(=O)O)c1cccc(I)c1. The number of halogens is 1. The van der Waals surface area contributed by atoms with Crippen molar-refractivity contribution in [3.63, 3.8) is 0 Å². The van der Waals surface area contributed by atoms with Gasteiger partial charge in [-0.1, -0.05) is 12.1 Å². The van der Waals surface area contributed by atoms with Crippen molar-refractivity contribution in [1.29, 1.82) is 5.26 Å². The molecule has 0 saturated carbocycles. The first-order valence-electron chi connectivity index (χ1n) is 5.37. The topological polar surface area (TPSA) is 61.1 Å². The molecule has 1 rings (SSSR count). The lowest BCUT2D eigenvalue weighted by atomic mass is 9.78. The lowest BCUT2D eigenvalue weighted by Crippen LogP contribution is -2.32. The smallest absolute Gasteiger partial charge is 0.313 e. The Balaban J connectivity index is 2.99. The fourth-order valence-corrected chi connectivity index (χ4v) is 2.27. The molecular formula is C13H14INO2. The van der Waals surface area contributed by atoms with Crippen molar-refractivity contribution in [2.24, 2.45) is 0 Å². The molecule has 0 aromatic heterocycles. The van der Waals surface area contributed by atoms with Gasteiger partial charge >= 0.3 is 5.97 Å². The summed E-state index contributed by atoms with van der Waals surface area (Å²) in [5.74, 6) is -0.836. The number of unbranched alkanes of at least 4 members (excludes halogenated alkanes) is 1. The van der Waals surface area contributed by atoms with Crippen molar-refractivity contribution in [1.82, 2.24) is 0 Å². The zero-order chi connectivity index (χ0) is 12.9. The van der Waals surface area contributed by atoms with Crippen molar-refractivity contribution >= 4 is 28.6 Å². The molecular weight excluding hydrogens is 329 g/mol. The Labute approximate surface area is 115 Å². The predicted molar refractivity (Wildman–Crippen MR) is 73.6 cm³/mol. The Morgan fingerprint density at radius 2 is 2.29 bits per heavy atom. The second-order valence-electron chi connectivity index (χ2n) is 4.16. The second-order valence-corrected chi connectivity index (χ2v) is 5.40. The third-order valence-corrected chi connectivity index (χ3v) is 3.57. The quantitative estimate of drug-likeness (QED) is 0.659. The van der Waals surface area contributed by atoms with Crippen LogP contribution in [0.3, 0.4) is 0 Å². The first-order chi connectivity index (χ1) is 8.00. The Morgan fingerprint density at radius 3 is 2.82 bits per heavy atom. The molecule has 90 valence electrons. The molecule has 0 bridgehead atoms. The molecule has 3 nitrogen and oxygen atoms in total. The number of hydrogen-bond donors (Lipinski definition) is 1. The van der Waals surface area contributed by atoms with Gasteiger partial charge in [0, 0.05) is 9.99 Å². The average Bonchev–Trinajstić information content (AvgIpc) is 2.29. The number of hydrogen-bond acceptors (Lipinski definition) is 2. The van der Waals surface area contributed by atoms with Crippen LogP contribution in [0, 0.1) is 14.9 Å². The van der Waals surface area contributed by atoms with Crippen molar-refractivity contribution in [2.45, 2.75) is 31.6 Å². The lowest BCUT2D eigenvalue weighted by molar-refractivity contribution is -0.143. The highest BCUT2D eigenvalue weighted by molar-refractivity contribution is 14.1. The summed E-state index contributed by atoms with van der Waals surface area (Å²) in [5.41, 5.74) is -0.104. The van der Waals surface area contributed by atoms with Gasteiger partial charge in [0.2, 0.25) is 0 Å². The van der Waals surface area contributed by atoms with E-state index < -0.39 is 11.4 Å². The van der Waals surface area contributed by atoms with Crippen LogP contribution in [0.4, 0.5) is 0 Å². The minimum absolute atomic E-state index is 0.396. The summed E-state index contributed by atoms with van der Waals surface area (Å²) in [6, 6.07) is 9.57. The van der Waals surface area contributed by atoms with E-state index in [1.54, 1.807) is 6.92 Å². The van der Waals surface area contributed by atoms with Crippen LogP contribution >= 0.6 is 22.6 Å². The highest BCUT2D eigenvalue weighted by Crippen LogP contribution is 2.30. The van der Waals surface area contributed by atoms with Gasteiger partial charge in [-0.2, -0.15) is 5.26 Å². The van der Waals surface area contributed by atoms with E-state index in [9.17, 15) is 9.90 Å². The van der Waals surface area contributed by atoms with Gasteiger partial charge in [0.05, 0.1) is 11.5 Å². The molecule has 1 N–H and O–H groups in total. The molecule has 0 radical (unpaired) electrons. The van der Waals surface area contributed by atoms with E-state index in [2.05, 4.69) is 22.6 Å². The van der Waals surface area contributed by atoms with E-state index in [1.165, 1.54) is 0 Å². The third-order valence-electron chi connectivity index (χ3n) is 2.90. The normalized spacial score (nSPS) is 13.7. The predicted octanol–water partition coefficient (Wildman–Crippen LogP) is 3.33. The molecule has 0 heterocycles. The molecule has 0 aliphatic heterocycles. The van der Waals surface area contributed by atoms with Crippen LogP contribution in [0.25, 0.3) is 0 Å². The molecule has 0 saturated heterocycles. The maximum absolute atomic E-state index is 11.4. The number of nitrogens with zero attached hydrogens (tertiary/aromatic N) is 1. The molecule has 1 unspecified atom stereocenters. The number of rotatable bonds is 5. The highest BCUT2D eigenvalue weighted by Gasteiger charge is 2.34. The van der Waals surface area contributed by atoms with Gasteiger partial charge in [0.25, 0.3) is 0 Å². The van der Waals surface area contributed by atoms with Gasteiger partial charge in [-0.3, -0.25) is 4.79 Å². The number of carbonyl (C=O) groups is 1. The molecule has 1 atom stereocenters. The summed E-state index contributed by atoms with van der Waals surface area (Å²) < 4.78 is 1.02. The largest absolute Gasteiger partial charge is 0.481 e. The zero-order valence-corrected chi connectivity index (χ0v) is 11.8. The van der Waals surface area contributed by atoms with Crippen LogP contribution < -0.4 is 0 Å². The van der Waals surface area contributed by atoms with Crippen molar-refractivity contribution < 1.29 is 9.90 Å². The summed E-state index contributed by atoms with van der Waals surface area (Å²) in [7, 11) is 0. The van der Waals surface area contributed by atoms with E-state index >= 15 is 0 Å². The van der Waals surface area contributed by atoms with Crippen LogP contribution in [0.15, 0.2) is 24.3 Å². The fourth-order valence-electron chi connectivity index (χ4n) is 1.73. The number of carboxylic acids is 1. The molecule has 0 aliphatic carbocycles. The molecule has 1 aromatic rings. The highest BCUT2D eigenvalue weighted by atomic mass is 127. The van der Waals surface area contributed by atoms with Gasteiger partial charge in [-0.25, -0.2) is 0 Å².